The van der Waals surface area contributed by atoms with E-state index in [1.165, 1.54) is 39.8 Å². The van der Waals surface area contributed by atoms with Gasteiger partial charge in [0.05, 0.1) is 0 Å². The summed E-state index contributed by atoms with van der Waals surface area (Å²) in [7, 11) is 0. The standard InChI is InChI=1S/C23H23N3/c1-3-26-22-8-4-15(2)10-18(22)13-19-11-17(6-9-23(19)26)16-5-7-21(25)20(12-16)14-24/h4-12,14,24H,3,13,25H2,1-2H3. The van der Waals surface area contributed by atoms with E-state index in [0.29, 0.717) is 5.69 Å². The molecule has 26 heavy (non-hydrogen) atoms. The number of nitrogens with zero attached hydrogens (tertiary/aromatic N) is 1. The molecule has 4 rings (SSSR count). The molecule has 3 aromatic rings. The maximum Gasteiger partial charge on any atom is 0.0447 e. The van der Waals surface area contributed by atoms with Crippen molar-refractivity contribution >= 4 is 23.3 Å². The minimum absolute atomic E-state index is 0.642. The molecule has 0 saturated heterocycles. The van der Waals surface area contributed by atoms with Crippen molar-refractivity contribution in [3.63, 3.8) is 0 Å². The van der Waals surface area contributed by atoms with Gasteiger partial charge in [-0.3, -0.25) is 0 Å². The molecule has 0 fully saturated rings. The van der Waals surface area contributed by atoms with Crippen LogP contribution >= 0.6 is 0 Å². The van der Waals surface area contributed by atoms with Crippen molar-refractivity contribution in [1.29, 1.82) is 5.41 Å². The molecule has 3 aromatic carbocycles. The number of hydrogen-bond acceptors (Lipinski definition) is 3. The quantitative estimate of drug-likeness (QED) is 0.501. The summed E-state index contributed by atoms with van der Waals surface area (Å²) in [5.41, 5.74) is 16.2. The molecule has 3 heteroatoms. The first kappa shape index (κ1) is 16.4. The molecule has 130 valence electrons. The molecule has 0 amide bonds. The highest BCUT2D eigenvalue weighted by Gasteiger charge is 2.22. The van der Waals surface area contributed by atoms with Gasteiger partial charge in [-0.05, 0) is 66.4 Å². The molecule has 0 saturated carbocycles. The van der Waals surface area contributed by atoms with Crippen LogP contribution in [-0.2, 0) is 6.42 Å². The summed E-state index contributed by atoms with van der Waals surface area (Å²) in [5.74, 6) is 0. The third-order valence-electron chi connectivity index (χ3n) is 5.17. The average Bonchev–Trinajstić information content (AvgIpc) is 2.65. The lowest BCUT2D eigenvalue weighted by atomic mass is 9.91. The topological polar surface area (TPSA) is 53.1 Å². The number of nitrogens with one attached hydrogen (secondary N) is 1. The van der Waals surface area contributed by atoms with Gasteiger partial charge in [0.25, 0.3) is 0 Å². The first-order valence-corrected chi connectivity index (χ1v) is 9.01. The highest BCUT2D eigenvalue weighted by Crippen LogP contribution is 2.40. The SMILES string of the molecule is CCN1c2ccc(C)cc2Cc2cc(-c3ccc(N)c(C=N)c3)ccc21. The summed E-state index contributed by atoms with van der Waals surface area (Å²) >= 11 is 0. The van der Waals surface area contributed by atoms with E-state index in [1.54, 1.807) is 0 Å². The molecular formula is C23H23N3. The van der Waals surface area contributed by atoms with Crippen LogP contribution in [0.4, 0.5) is 17.1 Å². The molecular weight excluding hydrogens is 318 g/mol. The van der Waals surface area contributed by atoms with Gasteiger partial charge in [-0.1, -0.05) is 29.8 Å². The molecule has 0 bridgehead atoms. The summed E-state index contributed by atoms with van der Waals surface area (Å²) in [6.07, 6.45) is 2.26. The second-order valence-corrected chi connectivity index (χ2v) is 6.88. The van der Waals surface area contributed by atoms with Crippen molar-refractivity contribution in [1.82, 2.24) is 0 Å². The Hall–Kier alpha value is -3.07. The second kappa shape index (κ2) is 6.34. The normalized spacial score (nSPS) is 12.5. The first-order valence-electron chi connectivity index (χ1n) is 9.01. The summed E-state index contributed by atoms with van der Waals surface area (Å²) in [6.45, 7) is 5.29. The van der Waals surface area contributed by atoms with Crippen molar-refractivity contribution < 1.29 is 0 Å². The van der Waals surface area contributed by atoms with Gasteiger partial charge in [-0.15, -0.1) is 0 Å². The third-order valence-corrected chi connectivity index (χ3v) is 5.17. The number of rotatable bonds is 3. The number of anilines is 3. The van der Waals surface area contributed by atoms with Crippen molar-refractivity contribution in [2.24, 2.45) is 0 Å². The highest BCUT2D eigenvalue weighted by atomic mass is 15.1. The van der Waals surface area contributed by atoms with Crippen LogP contribution in [0.15, 0.2) is 54.6 Å². The molecule has 0 atom stereocenters. The number of benzene rings is 3. The van der Waals surface area contributed by atoms with Gasteiger partial charge in [0, 0.05) is 41.8 Å². The molecule has 1 heterocycles. The number of fused-ring (bicyclic) bond motifs is 2. The van der Waals surface area contributed by atoms with Gasteiger partial charge in [-0.2, -0.15) is 0 Å². The molecule has 3 N–H and O–H groups in total. The Morgan fingerprint density at radius 3 is 2.35 bits per heavy atom. The summed E-state index contributed by atoms with van der Waals surface area (Å²) in [6, 6.07) is 19.3. The van der Waals surface area contributed by atoms with Crippen molar-refractivity contribution in [3.8, 4) is 11.1 Å². The minimum Gasteiger partial charge on any atom is -0.398 e. The average molecular weight is 341 g/mol. The van der Waals surface area contributed by atoms with Crippen LogP contribution in [0.5, 0.6) is 0 Å². The van der Waals surface area contributed by atoms with E-state index in [1.807, 2.05) is 18.2 Å². The van der Waals surface area contributed by atoms with E-state index in [9.17, 15) is 0 Å². The summed E-state index contributed by atoms with van der Waals surface area (Å²) < 4.78 is 0. The fourth-order valence-corrected chi connectivity index (χ4v) is 3.84. The number of aryl methyl sites for hydroxylation is 1. The molecule has 3 nitrogen and oxygen atoms in total. The zero-order chi connectivity index (χ0) is 18.3. The minimum atomic E-state index is 0.642. The van der Waals surface area contributed by atoms with Gasteiger partial charge in [-0.25, -0.2) is 0 Å². The predicted octanol–water partition coefficient (Wildman–Crippen LogP) is 5.30. The monoisotopic (exact) mass is 341 g/mol. The van der Waals surface area contributed by atoms with Gasteiger partial charge in [0.15, 0.2) is 0 Å². The number of hydrogen-bond donors (Lipinski definition) is 2. The third kappa shape index (κ3) is 2.66. The van der Waals surface area contributed by atoms with Crippen molar-refractivity contribution in [2.75, 3.05) is 17.2 Å². The fourth-order valence-electron chi connectivity index (χ4n) is 3.84. The van der Waals surface area contributed by atoms with Crippen LogP contribution in [0, 0.1) is 12.3 Å². The Morgan fingerprint density at radius 2 is 1.62 bits per heavy atom. The lowest BCUT2D eigenvalue weighted by Crippen LogP contribution is -2.23. The first-order chi connectivity index (χ1) is 12.6. The zero-order valence-corrected chi connectivity index (χ0v) is 15.2. The van der Waals surface area contributed by atoms with Crippen LogP contribution in [0.1, 0.15) is 29.2 Å². The Morgan fingerprint density at radius 1 is 0.962 bits per heavy atom. The highest BCUT2D eigenvalue weighted by molar-refractivity contribution is 5.88. The van der Waals surface area contributed by atoms with Crippen LogP contribution in [-0.4, -0.2) is 12.8 Å². The maximum absolute atomic E-state index is 7.54. The molecule has 1 aliphatic rings. The Balaban J connectivity index is 1.81. The molecule has 1 aliphatic heterocycles. The maximum atomic E-state index is 7.54. The molecule has 0 aromatic heterocycles. The van der Waals surface area contributed by atoms with E-state index in [-0.39, 0.29) is 0 Å². The lowest BCUT2D eigenvalue weighted by Gasteiger charge is -2.33. The summed E-state index contributed by atoms with van der Waals surface area (Å²) in [4.78, 5) is 2.39. The van der Waals surface area contributed by atoms with Crippen LogP contribution in [0.25, 0.3) is 11.1 Å². The molecule has 0 aliphatic carbocycles. The van der Waals surface area contributed by atoms with E-state index in [2.05, 4.69) is 55.1 Å². The largest absolute Gasteiger partial charge is 0.398 e. The van der Waals surface area contributed by atoms with E-state index >= 15 is 0 Å². The van der Waals surface area contributed by atoms with Crippen molar-refractivity contribution in [3.05, 3.63) is 76.9 Å². The molecule has 0 spiro atoms. The predicted molar refractivity (Wildman–Crippen MR) is 111 cm³/mol. The smallest absolute Gasteiger partial charge is 0.0447 e. The van der Waals surface area contributed by atoms with E-state index in [4.69, 9.17) is 11.1 Å². The van der Waals surface area contributed by atoms with Crippen LogP contribution < -0.4 is 10.6 Å². The Bertz CT molecular complexity index is 1000. The van der Waals surface area contributed by atoms with Gasteiger partial charge in [0.2, 0.25) is 0 Å². The van der Waals surface area contributed by atoms with Gasteiger partial charge in [0.1, 0.15) is 0 Å². The second-order valence-electron chi connectivity index (χ2n) is 6.88. The van der Waals surface area contributed by atoms with Crippen molar-refractivity contribution in [2.45, 2.75) is 20.3 Å². The number of nitrogen functional groups attached to an aromatic ring is 1. The van der Waals surface area contributed by atoms with Crippen LogP contribution in [0.3, 0.4) is 0 Å². The van der Waals surface area contributed by atoms with E-state index in [0.717, 1.165) is 24.1 Å². The Kier molecular flexibility index (Phi) is 4.00. The van der Waals surface area contributed by atoms with Gasteiger partial charge >= 0.3 is 0 Å². The van der Waals surface area contributed by atoms with E-state index < -0.39 is 0 Å². The summed E-state index contributed by atoms with van der Waals surface area (Å²) in [5, 5.41) is 7.54. The van der Waals surface area contributed by atoms with Crippen LogP contribution in [0.2, 0.25) is 0 Å². The molecule has 0 radical (unpaired) electrons. The molecule has 0 unspecified atom stereocenters. The lowest BCUT2D eigenvalue weighted by molar-refractivity contribution is 0.959. The zero-order valence-electron chi connectivity index (χ0n) is 15.2. The Labute approximate surface area is 154 Å². The fraction of sp³-hybridized carbons (Fsp3) is 0.174. The number of nitrogens with two attached hydrogens (primary N) is 1. The van der Waals surface area contributed by atoms with Gasteiger partial charge < -0.3 is 16.0 Å².